The third-order valence-corrected chi connectivity index (χ3v) is 7.10. The second-order valence-electron chi connectivity index (χ2n) is 9.81. The highest BCUT2D eigenvalue weighted by molar-refractivity contribution is 5.88. The lowest BCUT2D eigenvalue weighted by Crippen LogP contribution is -2.52. The number of nitrogens with zero attached hydrogens (tertiary/aromatic N) is 2. The average Bonchev–Trinajstić information content (AvgIpc) is 3.16. The van der Waals surface area contributed by atoms with E-state index in [1.54, 1.807) is 0 Å². The minimum Gasteiger partial charge on any atom is -0.396 e. The van der Waals surface area contributed by atoms with Crippen molar-refractivity contribution in [2.75, 3.05) is 39.4 Å². The quantitative estimate of drug-likeness (QED) is 0.777. The fourth-order valence-electron chi connectivity index (χ4n) is 5.29. The molecule has 0 aromatic heterocycles. The Morgan fingerprint density at radius 1 is 0.815 bits per heavy atom. The maximum atomic E-state index is 13.2. The number of hydrogen-bond donors (Lipinski definition) is 2. The molecule has 6 heteroatoms. The van der Waals surface area contributed by atoms with Crippen molar-refractivity contribution in [1.29, 1.82) is 0 Å². The maximum Gasteiger partial charge on any atom is 0.226 e. The van der Waals surface area contributed by atoms with Gasteiger partial charge in [-0.25, -0.2) is 0 Å². The van der Waals surface area contributed by atoms with Crippen LogP contribution in [0.15, 0.2) is 0 Å². The zero-order chi connectivity index (χ0) is 19.7. The molecule has 0 radical (unpaired) electrons. The highest BCUT2D eigenvalue weighted by atomic mass is 16.3. The van der Waals surface area contributed by atoms with Gasteiger partial charge in [0.15, 0.2) is 0 Å². The predicted octanol–water partition coefficient (Wildman–Crippen LogP) is 1.64. The van der Waals surface area contributed by atoms with Crippen LogP contribution in [-0.2, 0) is 9.59 Å². The van der Waals surface area contributed by atoms with Crippen molar-refractivity contribution in [2.45, 2.75) is 58.8 Å². The monoisotopic (exact) mass is 380 g/mol. The lowest BCUT2D eigenvalue weighted by atomic mass is 9.81. The van der Waals surface area contributed by atoms with E-state index >= 15 is 0 Å². The zero-order valence-corrected chi connectivity index (χ0v) is 17.0. The van der Waals surface area contributed by atoms with E-state index in [-0.39, 0.29) is 47.7 Å². The van der Waals surface area contributed by atoms with E-state index in [1.165, 1.54) is 0 Å². The molecule has 2 aliphatic heterocycles. The van der Waals surface area contributed by atoms with Gasteiger partial charge in [-0.3, -0.25) is 9.59 Å². The molecule has 27 heavy (non-hydrogen) atoms. The van der Waals surface area contributed by atoms with Gasteiger partial charge in [-0.2, -0.15) is 0 Å². The fraction of sp³-hybridized carbons (Fsp3) is 0.905. The van der Waals surface area contributed by atoms with E-state index in [0.717, 1.165) is 58.0 Å². The van der Waals surface area contributed by atoms with E-state index in [0.29, 0.717) is 13.1 Å². The Labute approximate surface area is 162 Å². The van der Waals surface area contributed by atoms with Crippen LogP contribution in [0.2, 0.25) is 0 Å². The summed E-state index contributed by atoms with van der Waals surface area (Å²) in [7, 11) is 0. The van der Waals surface area contributed by atoms with Crippen LogP contribution in [0.4, 0.5) is 0 Å². The molecule has 0 spiro atoms. The number of piperidine rings is 2. The summed E-state index contributed by atoms with van der Waals surface area (Å²) >= 11 is 0. The Kier molecular flexibility index (Phi) is 6.16. The number of carbonyl (C=O) groups is 2. The largest absolute Gasteiger partial charge is 0.396 e. The number of hydrogen-bond acceptors (Lipinski definition) is 4. The van der Waals surface area contributed by atoms with Gasteiger partial charge >= 0.3 is 0 Å². The van der Waals surface area contributed by atoms with Crippen LogP contribution in [0.25, 0.3) is 0 Å². The normalized spacial score (nSPS) is 37.5. The van der Waals surface area contributed by atoms with Crippen LogP contribution in [0.5, 0.6) is 0 Å². The molecular formula is C21H36N2O4. The minimum absolute atomic E-state index is 0.0946. The van der Waals surface area contributed by atoms with Gasteiger partial charge in [0.25, 0.3) is 0 Å². The van der Waals surface area contributed by atoms with Crippen LogP contribution in [-0.4, -0.2) is 71.2 Å². The van der Waals surface area contributed by atoms with Crippen molar-refractivity contribution in [1.82, 2.24) is 9.80 Å². The number of aliphatic hydroxyl groups excluding tert-OH is 2. The molecule has 0 unspecified atom stereocenters. The van der Waals surface area contributed by atoms with E-state index in [1.807, 2.05) is 23.6 Å². The second-order valence-corrected chi connectivity index (χ2v) is 9.81. The van der Waals surface area contributed by atoms with Gasteiger partial charge in [-0.15, -0.1) is 0 Å². The smallest absolute Gasteiger partial charge is 0.226 e. The van der Waals surface area contributed by atoms with Gasteiger partial charge in [-0.05, 0) is 38.5 Å². The molecule has 0 bridgehead atoms. The standard InChI is InChI=1S/C21H36N2O4/c1-20(14-24)8-4-10-22(12-20)18(26)16-6-3-7-17(16)19(27)23-11-5-9-21(2,13-23)15-25/h16-17,24-25H,3-15H2,1-2H3/t16-,17+,20+,21-. The van der Waals surface area contributed by atoms with Crippen LogP contribution in [0.1, 0.15) is 58.8 Å². The Balaban J connectivity index is 1.67. The molecule has 4 atom stereocenters. The molecule has 1 saturated carbocycles. The number of rotatable bonds is 4. The van der Waals surface area contributed by atoms with Crippen molar-refractivity contribution in [2.24, 2.45) is 22.7 Å². The van der Waals surface area contributed by atoms with Gasteiger partial charge in [0.05, 0.1) is 13.2 Å². The Hall–Kier alpha value is -1.14. The van der Waals surface area contributed by atoms with Crippen molar-refractivity contribution in [3.63, 3.8) is 0 Å². The molecule has 6 nitrogen and oxygen atoms in total. The van der Waals surface area contributed by atoms with Crippen LogP contribution in [0, 0.1) is 22.7 Å². The summed E-state index contributed by atoms with van der Waals surface area (Å²) in [5.74, 6) is -0.235. The van der Waals surface area contributed by atoms with Crippen molar-refractivity contribution >= 4 is 11.8 Å². The highest BCUT2D eigenvalue weighted by Gasteiger charge is 2.44. The average molecular weight is 381 g/mol. The first-order valence-electron chi connectivity index (χ1n) is 10.6. The number of amides is 2. The molecule has 2 amide bonds. The van der Waals surface area contributed by atoms with Crippen LogP contribution < -0.4 is 0 Å². The topological polar surface area (TPSA) is 81.1 Å². The van der Waals surface area contributed by atoms with Gasteiger partial charge < -0.3 is 20.0 Å². The van der Waals surface area contributed by atoms with E-state index in [2.05, 4.69) is 0 Å². The van der Waals surface area contributed by atoms with Crippen molar-refractivity contribution < 1.29 is 19.8 Å². The van der Waals surface area contributed by atoms with Gasteiger partial charge in [-0.1, -0.05) is 20.3 Å². The zero-order valence-electron chi connectivity index (χ0n) is 17.0. The van der Waals surface area contributed by atoms with Crippen LogP contribution >= 0.6 is 0 Å². The summed E-state index contributed by atoms with van der Waals surface area (Å²) < 4.78 is 0. The van der Waals surface area contributed by atoms with Gasteiger partial charge in [0, 0.05) is 48.8 Å². The lowest BCUT2D eigenvalue weighted by Gasteiger charge is -2.42. The van der Waals surface area contributed by atoms with E-state index in [4.69, 9.17) is 0 Å². The van der Waals surface area contributed by atoms with E-state index < -0.39 is 0 Å². The molecule has 2 saturated heterocycles. The summed E-state index contributed by atoms with van der Waals surface area (Å²) in [6.07, 6.45) is 6.19. The molecular weight excluding hydrogens is 344 g/mol. The maximum absolute atomic E-state index is 13.2. The predicted molar refractivity (Wildman–Crippen MR) is 103 cm³/mol. The number of likely N-dealkylation sites (tertiary alicyclic amines) is 2. The second kappa shape index (κ2) is 8.08. The third kappa shape index (κ3) is 4.32. The highest BCUT2D eigenvalue weighted by Crippen LogP contribution is 2.38. The van der Waals surface area contributed by atoms with Gasteiger partial charge in [0.2, 0.25) is 11.8 Å². The molecule has 0 aromatic carbocycles. The molecule has 0 aromatic rings. The summed E-state index contributed by atoms with van der Waals surface area (Å²) in [6.45, 7) is 6.91. The molecule has 1 aliphatic carbocycles. The third-order valence-electron chi connectivity index (χ3n) is 7.10. The molecule has 2 heterocycles. The Morgan fingerprint density at radius 2 is 1.22 bits per heavy atom. The molecule has 3 fully saturated rings. The summed E-state index contributed by atoms with van der Waals surface area (Å²) in [6, 6.07) is 0. The summed E-state index contributed by atoms with van der Waals surface area (Å²) in [4.78, 5) is 30.2. The van der Waals surface area contributed by atoms with Gasteiger partial charge in [0.1, 0.15) is 0 Å². The van der Waals surface area contributed by atoms with Crippen molar-refractivity contribution in [3.05, 3.63) is 0 Å². The Morgan fingerprint density at radius 3 is 1.59 bits per heavy atom. The first kappa shape index (κ1) is 20.6. The van der Waals surface area contributed by atoms with Crippen molar-refractivity contribution in [3.8, 4) is 0 Å². The fourth-order valence-corrected chi connectivity index (χ4v) is 5.29. The number of aliphatic hydroxyl groups is 2. The summed E-state index contributed by atoms with van der Waals surface area (Å²) in [5, 5.41) is 19.4. The Bertz CT molecular complexity index is 520. The number of carbonyl (C=O) groups excluding carboxylic acids is 2. The SMILES string of the molecule is C[C@]1(CO)CCCN(C(=O)[C@@H]2CCC[C@@H]2C(=O)N2CCC[C@@](C)(CO)C2)C1. The lowest BCUT2D eigenvalue weighted by molar-refractivity contribution is -0.149. The van der Waals surface area contributed by atoms with E-state index in [9.17, 15) is 19.8 Å². The van der Waals surface area contributed by atoms with Crippen LogP contribution in [0.3, 0.4) is 0 Å². The first-order valence-corrected chi connectivity index (χ1v) is 10.6. The molecule has 3 aliphatic rings. The molecule has 3 rings (SSSR count). The molecule has 2 N–H and O–H groups in total. The summed E-state index contributed by atoms with van der Waals surface area (Å²) in [5.41, 5.74) is -0.441. The minimum atomic E-state index is -0.221. The molecule has 154 valence electrons. The first-order chi connectivity index (χ1) is 12.8.